The maximum Gasteiger partial charge on any atom is 0.233 e. The average molecular weight is 297 g/mol. The van der Waals surface area contributed by atoms with Crippen LogP contribution in [0.15, 0.2) is 48.7 Å². The zero-order chi connectivity index (χ0) is 15.9. The van der Waals surface area contributed by atoms with Crippen LogP contribution in [-0.2, 0) is 4.79 Å². The van der Waals surface area contributed by atoms with Crippen LogP contribution in [0.4, 0.5) is 0 Å². The van der Waals surface area contributed by atoms with E-state index in [0.29, 0.717) is 6.54 Å². The number of carbonyl (C=O) groups is 1. The van der Waals surface area contributed by atoms with Gasteiger partial charge >= 0.3 is 0 Å². The monoisotopic (exact) mass is 297 g/mol. The zero-order valence-corrected chi connectivity index (χ0v) is 13.4. The molecule has 1 aromatic carbocycles. The molecule has 1 atom stereocenters. The van der Waals surface area contributed by atoms with Crippen molar-refractivity contribution in [2.24, 2.45) is 0 Å². The number of likely N-dealkylation sites (N-methyl/N-ethyl adjacent to an activating group) is 1. The number of aryl methyl sites for hydroxylation is 1. The molecule has 0 fully saturated rings. The topological polar surface area (TPSA) is 45.2 Å². The van der Waals surface area contributed by atoms with Crippen molar-refractivity contribution in [1.82, 2.24) is 15.2 Å². The Morgan fingerprint density at radius 1 is 1.18 bits per heavy atom. The Kier molecular flexibility index (Phi) is 5.67. The average Bonchev–Trinajstić information content (AvgIpc) is 2.50. The van der Waals surface area contributed by atoms with Gasteiger partial charge in [-0.05, 0) is 38.7 Å². The Bertz CT molecular complexity index is 593. The first-order valence-corrected chi connectivity index (χ1v) is 7.48. The number of carbonyl (C=O) groups excluding carboxylic acids is 1. The normalized spacial score (nSPS) is 12.2. The summed E-state index contributed by atoms with van der Waals surface area (Å²) in [5, 5.41) is 3.01. The van der Waals surface area contributed by atoms with Crippen LogP contribution < -0.4 is 5.32 Å². The van der Waals surface area contributed by atoms with E-state index in [-0.39, 0.29) is 11.8 Å². The molecule has 0 saturated heterocycles. The van der Waals surface area contributed by atoms with Gasteiger partial charge in [-0.1, -0.05) is 35.9 Å². The van der Waals surface area contributed by atoms with E-state index in [2.05, 4.69) is 10.3 Å². The minimum absolute atomic E-state index is 0.00981. The smallest absolute Gasteiger partial charge is 0.233 e. The van der Waals surface area contributed by atoms with Crippen LogP contribution in [0.25, 0.3) is 0 Å². The number of rotatable bonds is 6. The van der Waals surface area contributed by atoms with Crippen molar-refractivity contribution in [3.8, 4) is 0 Å². The summed E-state index contributed by atoms with van der Waals surface area (Å²) in [4.78, 5) is 19.1. The molecular weight excluding hydrogens is 274 g/mol. The fourth-order valence-corrected chi connectivity index (χ4v) is 2.27. The summed E-state index contributed by atoms with van der Waals surface area (Å²) >= 11 is 0. The highest BCUT2D eigenvalue weighted by molar-refractivity contribution is 5.86. The molecule has 1 unspecified atom stereocenters. The van der Waals surface area contributed by atoms with Gasteiger partial charge in [0.15, 0.2) is 0 Å². The first kappa shape index (κ1) is 16.2. The predicted molar refractivity (Wildman–Crippen MR) is 88.8 cm³/mol. The number of nitrogens with zero attached hydrogens (tertiary/aromatic N) is 2. The highest BCUT2D eigenvalue weighted by Gasteiger charge is 2.23. The van der Waals surface area contributed by atoms with Gasteiger partial charge < -0.3 is 10.2 Å². The molecule has 0 aliphatic rings. The van der Waals surface area contributed by atoms with E-state index in [1.54, 1.807) is 6.20 Å². The molecule has 2 rings (SSSR count). The molecule has 0 radical (unpaired) electrons. The highest BCUT2D eigenvalue weighted by Crippen LogP contribution is 2.23. The second kappa shape index (κ2) is 7.71. The van der Waals surface area contributed by atoms with Crippen molar-refractivity contribution in [1.29, 1.82) is 0 Å². The molecule has 1 N–H and O–H groups in total. The molecule has 1 aromatic heterocycles. The summed E-state index contributed by atoms with van der Waals surface area (Å²) in [7, 11) is 3.98. The first-order valence-electron chi connectivity index (χ1n) is 7.48. The van der Waals surface area contributed by atoms with E-state index in [0.717, 1.165) is 17.8 Å². The second-order valence-electron chi connectivity index (χ2n) is 5.69. The van der Waals surface area contributed by atoms with Crippen molar-refractivity contribution in [2.75, 3.05) is 27.2 Å². The standard InChI is InChI=1S/C18H23N3O/c1-14-7-9-15(10-8-14)17(16-6-4-5-11-19-16)18(22)20-12-13-21(2)3/h4-11,17H,12-13H2,1-3H3,(H,20,22). The number of aromatic nitrogens is 1. The van der Waals surface area contributed by atoms with E-state index in [1.807, 2.05) is 68.4 Å². The van der Waals surface area contributed by atoms with Gasteiger partial charge in [-0.25, -0.2) is 0 Å². The summed E-state index contributed by atoms with van der Waals surface area (Å²) in [6, 6.07) is 13.7. The fourth-order valence-electron chi connectivity index (χ4n) is 2.27. The summed E-state index contributed by atoms with van der Waals surface area (Å²) in [6.07, 6.45) is 1.73. The number of amides is 1. The quantitative estimate of drug-likeness (QED) is 0.889. The van der Waals surface area contributed by atoms with Gasteiger partial charge in [-0.3, -0.25) is 9.78 Å². The van der Waals surface area contributed by atoms with Crippen LogP contribution in [0.3, 0.4) is 0 Å². The molecule has 4 nitrogen and oxygen atoms in total. The lowest BCUT2D eigenvalue weighted by Gasteiger charge is -2.18. The van der Waals surface area contributed by atoms with Crippen molar-refractivity contribution < 1.29 is 4.79 Å². The third-order valence-electron chi connectivity index (χ3n) is 3.51. The van der Waals surface area contributed by atoms with Crippen molar-refractivity contribution in [2.45, 2.75) is 12.8 Å². The van der Waals surface area contributed by atoms with Crippen LogP contribution >= 0.6 is 0 Å². The van der Waals surface area contributed by atoms with Gasteiger partial charge in [0.05, 0.1) is 5.69 Å². The lowest BCUT2D eigenvalue weighted by Crippen LogP contribution is -2.35. The molecule has 1 heterocycles. The minimum atomic E-state index is -0.371. The van der Waals surface area contributed by atoms with Crippen molar-refractivity contribution >= 4 is 5.91 Å². The van der Waals surface area contributed by atoms with Crippen LogP contribution in [0, 0.1) is 6.92 Å². The van der Waals surface area contributed by atoms with Gasteiger partial charge in [-0.2, -0.15) is 0 Å². The third-order valence-corrected chi connectivity index (χ3v) is 3.51. The molecule has 0 aliphatic heterocycles. The molecule has 4 heteroatoms. The van der Waals surface area contributed by atoms with E-state index in [9.17, 15) is 4.79 Å². The Labute approximate surface area is 132 Å². The van der Waals surface area contributed by atoms with Gasteiger partial charge in [-0.15, -0.1) is 0 Å². The highest BCUT2D eigenvalue weighted by atomic mass is 16.1. The number of hydrogen-bond donors (Lipinski definition) is 1. The molecule has 0 bridgehead atoms. The summed E-state index contributed by atoms with van der Waals surface area (Å²) in [5.41, 5.74) is 2.91. The predicted octanol–water partition coefficient (Wildman–Crippen LogP) is 2.20. The minimum Gasteiger partial charge on any atom is -0.354 e. The maximum absolute atomic E-state index is 12.6. The molecule has 1 amide bonds. The molecule has 0 aliphatic carbocycles. The molecule has 0 saturated carbocycles. The zero-order valence-electron chi connectivity index (χ0n) is 13.4. The van der Waals surface area contributed by atoms with Gasteiger partial charge in [0.2, 0.25) is 5.91 Å². The van der Waals surface area contributed by atoms with Crippen LogP contribution in [0.5, 0.6) is 0 Å². The molecule has 116 valence electrons. The molecule has 22 heavy (non-hydrogen) atoms. The van der Waals surface area contributed by atoms with Crippen molar-refractivity contribution in [3.63, 3.8) is 0 Å². The fraction of sp³-hybridized carbons (Fsp3) is 0.333. The van der Waals surface area contributed by atoms with E-state index < -0.39 is 0 Å². The lowest BCUT2D eigenvalue weighted by atomic mass is 9.93. The lowest BCUT2D eigenvalue weighted by molar-refractivity contribution is -0.121. The molecule has 2 aromatic rings. The largest absolute Gasteiger partial charge is 0.354 e. The number of pyridine rings is 1. The number of nitrogens with one attached hydrogen (secondary N) is 1. The van der Waals surface area contributed by atoms with Crippen molar-refractivity contribution in [3.05, 3.63) is 65.5 Å². The first-order chi connectivity index (χ1) is 10.6. The Morgan fingerprint density at radius 2 is 1.91 bits per heavy atom. The SMILES string of the molecule is Cc1ccc(C(C(=O)NCCN(C)C)c2ccccn2)cc1. The van der Waals surface area contributed by atoms with E-state index >= 15 is 0 Å². The Hall–Kier alpha value is -2.20. The van der Waals surface area contributed by atoms with Gasteiger partial charge in [0.1, 0.15) is 5.92 Å². The van der Waals surface area contributed by atoms with Crippen LogP contribution in [0.2, 0.25) is 0 Å². The summed E-state index contributed by atoms with van der Waals surface area (Å²) in [6.45, 7) is 3.48. The number of hydrogen-bond acceptors (Lipinski definition) is 3. The van der Waals surface area contributed by atoms with E-state index in [1.165, 1.54) is 5.56 Å². The van der Waals surface area contributed by atoms with Gasteiger partial charge in [0.25, 0.3) is 0 Å². The molecule has 0 spiro atoms. The third kappa shape index (κ3) is 4.40. The summed E-state index contributed by atoms with van der Waals surface area (Å²) in [5.74, 6) is -0.381. The van der Waals surface area contributed by atoms with E-state index in [4.69, 9.17) is 0 Å². The Balaban J connectivity index is 2.22. The number of benzene rings is 1. The second-order valence-corrected chi connectivity index (χ2v) is 5.69. The van der Waals surface area contributed by atoms with Gasteiger partial charge in [0, 0.05) is 19.3 Å². The van der Waals surface area contributed by atoms with Crippen LogP contribution in [-0.4, -0.2) is 43.0 Å². The summed E-state index contributed by atoms with van der Waals surface area (Å²) < 4.78 is 0. The maximum atomic E-state index is 12.6. The Morgan fingerprint density at radius 3 is 2.50 bits per heavy atom. The van der Waals surface area contributed by atoms with Crippen LogP contribution in [0.1, 0.15) is 22.7 Å². The molecular formula is C18H23N3O.